The van der Waals surface area contributed by atoms with Crippen LogP contribution in [0, 0.1) is 6.92 Å². The van der Waals surface area contributed by atoms with Gasteiger partial charge in [-0.05, 0) is 19.1 Å². The molecule has 0 fully saturated rings. The summed E-state index contributed by atoms with van der Waals surface area (Å²) in [6.07, 6.45) is 0. The van der Waals surface area contributed by atoms with Crippen LogP contribution >= 0.6 is 0 Å². The number of carbonyl (C=O) groups excluding carboxylic acids is 1. The van der Waals surface area contributed by atoms with E-state index < -0.39 is 0 Å². The molecule has 4 heteroatoms. The number of hydrogen-bond acceptors (Lipinski definition) is 3. The Morgan fingerprint density at radius 2 is 2.07 bits per heavy atom. The van der Waals surface area contributed by atoms with Crippen LogP contribution in [-0.2, 0) is 0 Å². The third-order valence-corrected chi connectivity index (χ3v) is 2.43. The molecule has 0 aromatic heterocycles. The highest BCUT2D eigenvalue weighted by atomic mass is 16.6. The highest BCUT2D eigenvalue weighted by molar-refractivity contribution is 5.96. The normalized spacial score (nSPS) is 13.5. The lowest BCUT2D eigenvalue weighted by Crippen LogP contribution is -2.21. The van der Waals surface area contributed by atoms with Crippen molar-refractivity contribution in [2.45, 2.75) is 6.92 Å². The van der Waals surface area contributed by atoms with Crippen molar-refractivity contribution in [1.82, 2.24) is 5.32 Å². The number of nitrogens with one attached hydrogen (secondary N) is 1. The Labute approximate surface area is 88.2 Å². The van der Waals surface area contributed by atoms with Crippen LogP contribution in [0.1, 0.15) is 15.9 Å². The molecule has 0 bridgehead atoms. The number of ether oxygens (including phenoxy) is 2. The van der Waals surface area contributed by atoms with Crippen molar-refractivity contribution in [2.75, 3.05) is 20.3 Å². The summed E-state index contributed by atoms with van der Waals surface area (Å²) >= 11 is 0. The van der Waals surface area contributed by atoms with Crippen LogP contribution in [0.5, 0.6) is 11.5 Å². The first kappa shape index (κ1) is 9.83. The third-order valence-electron chi connectivity index (χ3n) is 2.43. The molecular weight excluding hydrogens is 194 g/mol. The minimum Gasteiger partial charge on any atom is -0.486 e. The lowest BCUT2D eigenvalue weighted by atomic mass is 10.1. The number of fused-ring (bicyclic) bond motifs is 1. The van der Waals surface area contributed by atoms with Gasteiger partial charge in [0.25, 0.3) is 5.91 Å². The molecular formula is C11H13NO3. The second-order valence-corrected chi connectivity index (χ2v) is 3.34. The van der Waals surface area contributed by atoms with Gasteiger partial charge in [0.15, 0.2) is 11.5 Å². The van der Waals surface area contributed by atoms with Crippen molar-refractivity contribution < 1.29 is 14.3 Å². The number of amides is 1. The van der Waals surface area contributed by atoms with Crippen molar-refractivity contribution in [1.29, 1.82) is 0 Å². The van der Waals surface area contributed by atoms with E-state index in [-0.39, 0.29) is 5.91 Å². The minimum atomic E-state index is -0.107. The number of benzene rings is 1. The van der Waals surface area contributed by atoms with E-state index >= 15 is 0 Å². The zero-order valence-corrected chi connectivity index (χ0v) is 8.79. The molecule has 1 aliphatic heterocycles. The largest absolute Gasteiger partial charge is 0.486 e. The Morgan fingerprint density at radius 3 is 2.80 bits per heavy atom. The lowest BCUT2D eigenvalue weighted by molar-refractivity contribution is 0.0961. The van der Waals surface area contributed by atoms with Gasteiger partial charge in [0, 0.05) is 18.2 Å². The average Bonchev–Trinajstić information content (AvgIpc) is 2.29. The molecule has 1 aromatic carbocycles. The molecule has 1 aliphatic rings. The van der Waals surface area contributed by atoms with E-state index in [1.54, 1.807) is 19.2 Å². The summed E-state index contributed by atoms with van der Waals surface area (Å²) < 4.78 is 10.9. The van der Waals surface area contributed by atoms with E-state index in [1.165, 1.54) is 0 Å². The summed E-state index contributed by atoms with van der Waals surface area (Å²) in [6.45, 7) is 2.95. The van der Waals surface area contributed by atoms with Crippen LogP contribution in [0.2, 0.25) is 0 Å². The second kappa shape index (κ2) is 3.81. The van der Waals surface area contributed by atoms with E-state index in [1.807, 2.05) is 6.92 Å². The van der Waals surface area contributed by atoms with E-state index in [4.69, 9.17) is 9.47 Å². The van der Waals surface area contributed by atoms with Crippen molar-refractivity contribution in [2.24, 2.45) is 0 Å². The molecule has 1 amide bonds. The molecule has 4 nitrogen and oxygen atoms in total. The highest BCUT2D eigenvalue weighted by Gasteiger charge is 2.18. The van der Waals surface area contributed by atoms with Crippen molar-refractivity contribution in [3.8, 4) is 11.5 Å². The molecule has 0 radical (unpaired) electrons. The summed E-state index contributed by atoms with van der Waals surface area (Å²) in [5.41, 5.74) is 1.45. The van der Waals surface area contributed by atoms with Gasteiger partial charge in [-0.1, -0.05) is 0 Å². The molecule has 1 N–H and O–H groups in total. The van der Waals surface area contributed by atoms with E-state index in [0.29, 0.717) is 30.3 Å². The van der Waals surface area contributed by atoms with Gasteiger partial charge in [-0.2, -0.15) is 0 Å². The van der Waals surface area contributed by atoms with Gasteiger partial charge in [-0.15, -0.1) is 0 Å². The van der Waals surface area contributed by atoms with Crippen molar-refractivity contribution in [3.05, 3.63) is 23.3 Å². The first-order chi connectivity index (χ1) is 7.24. The Balaban J connectivity index is 2.47. The fourth-order valence-corrected chi connectivity index (χ4v) is 1.64. The molecule has 2 rings (SSSR count). The average molecular weight is 207 g/mol. The maximum atomic E-state index is 11.5. The SMILES string of the molecule is CNC(=O)c1ccc2c(c1C)OCCO2. The Hall–Kier alpha value is -1.71. The topological polar surface area (TPSA) is 47.6 Å². The molecule has 80 valence electrons. The summed E-state index contributed by atoms with van der Waals surface area (Å²) in [5, 5.41) is 2.59. The zero-order valence-electron chi connectivity index (χ0n) is 8.79. The van der Waals surface area contributed by atoms with E-state index in [2.05, 4.69) is 5.32 Å². The Kier molecular flexibility index (Phi) is 2.49. The molecule has 0 aliphatic carbocycles. The summed E-state index contributed by atoms with van der Waals surface area (Å²) in [7, 11) is 1.61. The van der Waals surface area contributed by atoms with Crippen LogP contribution in [0.3, 0.4) is 0 Å². The number of hydrogen-bond donors (Lipinski definition) is 1. The third kappa shape index (κ3) is 1.63. The van der Waals surface area contributed by atoms with Gasteiger partial charge in [-0.25, -0.2) is 0 Å². The first-order valence-corrected chi connectivity index (χ1v) is 4.85. The van der Waals surface area contributed by atoms with Crippen LogP contribution < -0.4 is 14.8 Å². The molecule has 0 saturated heterocycles. The van der Waals surface area contributed by atoms with Gasteiger partial charge in [0.2, 0.25) is 0 Å². The van der Waals surface area contributed by atoms with Crippen molar-refractivity contribution in [3.63, 3.8) is 0 Å². The lowest BCUT2D eigenvalue weighted by Gasteiger charge is -2.21. The second-order valence-electron chi connectivity index (χ2n) is 3.34. The molecule has 0 saturated carbocycles. The first-order valence-electron chi connectivity index (χ1n) is 4.85. The molecule has 0 atom stereocenters. The Morgan fingerprint density at radius 1 is 1.33 bits per heavy atom. The predicted molar refractivity (Wildman–Crippen MR) is 55.6 cm³/mol. The van der Waals surface area contributed by atoms with Gasteiger partial charge in [0.1, 0.15) is 13.2 Å². The van der Waals surface area contributed by atoms with Crippen LogP contribution in [0.25, 0.3) is 0 Å². The zero-order chi connectivity index (χ0) is 10.8. The monoisotopic (exact) mass is 207 g/mol. The highest BCUT2D eigenvalue weighted by Crippen LogP contribution is 2.35. The fourth-order valence-electron chi connectivity index (χ4n) is 1.64. The number of carbonyl (C=O) groups is 1. The van der Waals surface area contributed by atoms with E-state index in [0.717, 1.165) is 5.56 Å². The molecule has 1 aromatic rings. The quantitative estimate of drug-likeness (QED) is 0.750. The maximum absolute atomic E-state index is 11.5. The fraction of sp³-hybridized carbons (Fsp3) is 0.364. The summed E-state index contributed by atoms with van der Waals surface area (Å²) in [6, 6.07) is 3.52. The van der Waals surface area contributed by atoms with Gasteiger partial charge in [-0.3, -0.25) is 4.79 Å². The Bertz CT molecular complexity index is 401. The van der Waals surface area contributed by atoms with E-state index in [9.17, 15) is 4.79 Å². The molecule has 0 spiro atoms. The van der Waals surface area contributed by atoms with Crippen LogP contribution in [0.4, 0.5) is 0 Å². The van der Waals surface area contributed by atoms with Gasteiger partial charge in [0.05, 0.1) is 0 Å². The van der Waals surface area contributed by atoms with Crippen LogP contribution in [-0.4, -0.2) is 26.2 Å². The van der Waals surface area contributed by atoms with Crippen LogP contribution in [0.15, 0.2) is 12.1 Å². The smallest absolute Gasteiger partial charge is 0.251 e. The van der Waals surface area contributed by atoms with Crippen molar-refractivity contribution >= 4 is 5.91 Å². The molecule has 15 heavy (non-hydrogen) atoms. The standard InChI is InChI=1S/C11H13NO3/c1-7-8(11(13)12-2)3-4-9-10(7)15-6-5-14-9/h3-4H,5-6H2,1-2H3,(H,12,13). The van der Waals surface area contributed by atoms with Gasteiger partial charge < -0.3 is 14.8 Å². The number of rotatable bonds is 1. The molecule has 1 heterocycles. The maximum Gasteiger partial charge on any atom is 0.251 e. The van der Waals surface area contributed by atoms with Gasteiger partial charge >= 0.3 is 0 Å². The molecule has 0 unspecified atom stereocenters. The summed E-state index contributed by atoms with van der Waals surface area (Å²) in [5.74, 6) is 1.29. The minimum absolute atomic E-state index is 0.107. The predicted octanol–water partition coefficient (Wildman–Crippen LogP) is 1.13. The summed E-state index contributed by atoms with van der Waals surface area (Å²) in [4.78, 5) is 11.5.